The zero-order chi connectivity index (χ0) is 16.2. The summed E-state index contributed by atoms with van der Waals surface area (Å²) in [5.74, 6) is -1.78. The summed E-state index contributed by atoms with van der Waals surface area (Å²) in [5, 5.41) is 22.8. The van der Waals surface area contributed by atoms with Crippen LogP contribution < -0.4 is 5.32 Å². The Labute approximate surface area is 128 Å². The highest BCUT2D eigenvalue weighted by Gasteiger charge is 2.44. The minimum atomic E-state index is -1.72. The van der Waals surface area contributed by atoms with Crippen molar-refractivity contribution in [2.45, 2.75) is 18.6 Å². The van der Waals surface area contributed by atoms with Crippen LogP contribution in [0.2, 0.25) is 0 Å². The standard InChI is InChI=1S/C17H18FNO3/c1-2-19-17(15(20)16(21)22,12-6-4-3-5-7-12)13-8-10-14(18)11-9-13/h3-11,15,19-20H,2H2,1H3,(H,21,22)/t15-,17-/m0/s1. The molecule has 2 aromatic rings. The number of aliphatic carboxylic acids is 1. The van der Waals surface area contributed by atoms with Crippen LogP contribution in [0.3, 0.4) is 0 Å². The quantitative estimate of drug-likeness (QED) is 0.764. The third-order valence-electron chi connectivity index (χ3n) is 3.63. The number of aliphatic hydroxyl groups excluding tert-OH is 1. The lowest BCUT2D eigenvalue weighted by atomic mass is 9.78. The van der Waals surface area contributed by atoms with Gasteiger partial charge in [0, 0.05) is 0 Å². The highest BCUT2D eigenvalue weighted by Crippen LogP contribution is 2.33. The first kappa shape index (κ1) is 16.1. The van der Waals surface area contributed by atoms with Crippen LogP contribution in [-0.4, -0.2) is 28.8 Å². The normalized spacial score (nSPS) is 15.0. The van der Waals surface area contributed by atoms with E-state index < -0.39 is 23.4 Å². The van der Waals surface area contributed by atoms with E-state index in [1.165, 1.54) is 24.3 Å². The van der Waals surface area contributed by atoms with E-state index in [0.29, 0.717) is 17.7 Å². The van der Waals surface area contributed by atoms with Crippen molar-refractivity contribution >= 4 is 5.97 Å². The first-order valence-corrected chi connectivity index (χ1v) is 6.99. The zero-order valence-electron chi connectivity index (χ0n) is 12.2. The lowest BCUT2D eigenvalue weighted by Crippen LogP contribution is -2.55. The molecule has 5 heteroatoms. The van der Waals surface area contributed by atoms with Gasteiger partial charge in [0.05, 0.1) is 0 Å². The number of likely N-dealkylation sites (N-methyl/N-ethyl adjacent to an activating group) is 1. The Morgan fingerprint density at radius 2 is 1.68 bits per heavy atom. The molecule has 0 amide bonds. The maximum atomic E-state index is 13.2. The van der Waals surface area contributed by atoms with Crippen LogP contribution in [-0.2, 0) is 10.3 Å². The molecule has 0 radical (unpaired) electrons. The predicted molar refractivity (Wildman–Crippen MR) is 80.9 cm³/mol. The Morgan fingerprint density at radius 3 is 2.18 bits per heavy atom. The minimum absolute atomic E-state index is 0.424. The van der Waals surface area contributed by atoms with Gasteiger partial charge in [-0.3, -0.25) is 0 Å². The van der Waals surface area contributed by atoms with Gasteiger partial charge in [-0.15, -0.1) is 0 Å². The van der Waals surface area contributed by atoms with Crippen molar-refractivity contribution in [3.05, 3.63) is 71.5 Å². The predicted octanol–water partition coefficient (Wildman–Crippen LogP) is 2.12. The molecule has 2 aromatic carbocycles. The smallest absolute Gasteiger partial charge is 0.335 e. The molecule has 0 fully saturated rings. The lowest BCUT2D eigenvalue weighted by molar-refractivity contribution is -0.150. The number of carbonyl (C=O) groups is 1. The van der Waals surface area contributed by atoms with Crippen molar-refractivity contribution < 1.29 is 19.4 Å². The molecule has 0 aliphatic rings. The fourth-order valence-electron chi connectivity index (χ4n) is 2.66. The second-order valence-corrected chi connectivity index (χ2v) is 4.95. The van der Waals surface area contributed by atoms with Crippen LogP contribution in [0.5, 0.6) is 0 Å². The van der Waals surface area contributed by atoms with Crippen molar-refractivity contribution in [2.24, 2.45) is 0 Å². The number of aliphatic hydroxyl groups is 1. The second kappa shape index (κ2) is 6.68. The average Bonchev–Trinajstić information content (AvgIpc) is 2.53. The SMILES string of the molecule is CCN[C@@](c1ccccc1)(c1ccc(F)cc1)[C@@H](O)C(=O)O. The van der Waals surface area contributed by atoms with Gasteiger partial charge in [0.1, 0.15) is 11.4 Å². The molecule has 0 aromatic heterocycles. The zero-order valence-corrected chi connectivity index (χ0v) is 12.2. The number of carboxylic acids is 1. The van der Waals surface area contributed by atoms with Gasteiger partial charge in [-0.2, -0.15) is 0 Å². The van der Waals surface area contributed by atoms with E-state index in [2.05, 4.69) is 5.32 Å². The van der Waals surface area contributed by atoms with Crippen molar-refractivity contribution in [2.75, 3.05) is 6.54 Å². The van der Waals surface area contributed by atoms with Gasteiger partial charge in [0.25, 0.3) is 0 Å². The molecular formula is C17H18FNO3. The Kier molecular flexibility index (Phi) is 4.90. The van der Waals surface area contributed by atoms with E-state index in [9.17, 15) is 19.4 Å². The van der Waals surface area contributed by atoms with E-state index in [1.54, 1.807) is 30.3 Å². The fraction of sp³-hybridized carbons (Fsp3) is 0.235. The van der Waals surface area contributed by atoms with Gasteiger partial charge >= 0.3 is 5.97 Å². The number of rotatable bonds is 6. The number of hydrogen-bond donors (Lipinski definition) is 3. The monoisotopic (exact) mass is 303 g/mol. The van der Waals surface area contributed by atoms with E-state index >= 15 is 0 Å². The lowest BCUT2D eigenvalue weighted by Gasteiger charge is -2.38. The topological polar surface area (TPSA) is 69.6 Å². The molecule has 0 aliphatic carbocycles. The molecule has 0 unspecified atom stereocenters. The largest absolute Gasteiger partial charge is 0.479 e. The van der Waals surface area contributed by atoms with Gasteiger partial charge in [-0.05, 0) is 29.8 Å². The molecule has 0 heterocycles. The van der Waals surface area contributed by atoms with Gasteiger partial charge < -0.3 is 15.5 Å². The van der Waals surface area contributed by atoms with Crippen molar-refractivity contribution in [3.8, 4) is 0 Å². The number of benzene rings is 2. The summed E-state index contributed by atoms with van der Waals surface area (Å²) >= 11 is 0. The van der Waals surface area contributed by atoms with Crippen LogP contribution in [0, 0.1) is 5.82 Å². The second-order valence-electron chi connectivity index (χ2n) is 4.95. The van der Waals surface area contributed by atoms with Gasteiger partial charge in [-0.1, -0.05) is 49.4 Å². The molecule has 116 valence electrons. The summed E-state index contributed by atoms with van der Waals surface area (Å²) in [7, 11) is 0. The molecule has 0 aliphatic heterocycles. The highest BCUT2D eigenvalue weighted by molar-refractivity contribution is 5.76. The summed E-state index contributed by atoms with van der Waals surface area (Å²) < 4.78 is 13.2. The fourth-order valence-corrected chi connectivity index (χ4v) is 2.66. The first-order valence-electron chi connectivity index (χ1n) is 6.99. The van der Waals surface area contributed by atoms with E-state index in [4.69, 9.17) is 0 Å². The number of hydrogen-bond acceptors (Lipinski definition) is 3. The van der Waals surface area contributed by atoms with Gasteiger partial charge in [0.15, 0.2) is 6.10 Å². The summed E-state index contributed by atoms with van der Waals surface area (Å²) in [6.45, 7) is 2.24. The summed E-state index contributed by atoms with van der Waals surface area (Å²) in [6.07, 6.45) is -1.72. The van der Waals surface area contributed by atoms with Crippen LogP contribution in [0.15, 0.2) is 54.6 Å². The van der Waals surface area contributed by atoms with Crippen molar-refractivity contribution in [3.63, 3.8) is 0 Å². The molecule has 2 atom stereocenters. The van der Waals surface area contributed by atoms with Crippen molar-refractivity contribution in [1.82, 2.24) is 5.32 Å². The molecule has 4 nitrogen and oxygen atoms in total. The van der Waals surface area contributed by atoms with E-state index in [0.717, 1.165) is 0 Å². The maximum absolute atomic E-state index is 13.2. The Balaban J connectivity index is 2.70. The summed E-state index contributed by atoms with van der Waals surface area (Å²) in [6, 6.07) is 14.3. The Bertz CT molecular complexity index is 630. The number of nitrogens with one attached hydrogen (secondary N) is 1. The summed E-state index contributed by atoms with van der Waals surface area (Å²) in [5.41, 5.74) is -0.273. The summed E-state index contributed by atoms with van der Waals surface area (Å²) in [4.78, 5) is 11.5. The van der Waals surface area contributed by atoms with E-state index in [1.807, 2.05) is 6.92 Å². The molecule has 0 saturated carbocycles. The van der Waals surface area contributed by atoms with Crippen LogP contribution in [0.1, 0.15) is 18.1 Å². The average molecular weight is 303 g/mol. The molecule has 3 N–H and O–H groups in total. The van der Waals surface area contributed by atoms with Crippen molar-refractivity contribution in [1.29, 1.82) is 0 Å². The molecule has 0 bridgehead atoms. The molecular weight excluding hydrogens is 285 g/mol. The maximum Gasteiger partial charge on any atom is 0.335 e. The third-order valence-corrected chi connectivity index (χ3v) is 3.63. The molecule has 0 spiro atoms. The van der Waals surface area contributed by atoms with Gasteiger partial charge in [-0.25, -0.2) is 9.18 Å². The molecule has 0 saturated heterocycles. The number of carboxylic acid groups (broad SMARTS) is 1. The third kappa shape index (κ3) is 2.86. The van der Waals surface area contributed by atoms with Crippen LogP contribution in [0.25, 0.3) is 0 Å². The highest BCUT2D eigenvalue weighted by atomic mass is 19.1. The molecule has 2 rings (SSSR count). The van der Waals surface area contributed by atoms with Crippen LogP contribution in [0.4, 0.5) is 4.39 Å². The minimum Gasteiger partial charge on any atom is -0.479 e. The number of halogens is 1. The first-order chi connectivity index (χ1) is 10.5. The Morgan fingerprint density at radius 1 is 1.14 bits per heavy atom. The van der Waals surface area contributed by atoms with E-state index in [-0.39, 0.29) is 0 Å². The van der Waals surface area contributed by atoms with Gasteiger partial charge in [0.2, 0.25) is 0 Å². The molecule has 22 heavy (non-hydrogen) atoms. The Hall–Kier alpha value is -2.24. The van der Waals surface area contributed by atoms with Crippen LogP contribution >= 0.6 is 0 Å².